The second-order valence-corrected chi connectivity index (χ2v) is 12.3. The molecule has 0 radical (unpaired) electrons. The molecule has 8 bridgehead atoms. The van der Waals surface area contributed by atoms with Gasteiger partial charge in [0.2, 0.25) is 0 Å². The van der Waals surface area contributed by atoms with E-state index in [1.807, 2.05) is 66.7 Å². The van der Waals surface area contributed by atoms with Crippen molar-refractivity contribution in [1.29, 1.82) is 5.26 Å². The number of rotatable bonds is 4. The highest BCUT2D eigenvalue weighted by atomic mass is 14.8. The van der Waals surface area contributed by atoms with Crippen LogP contribution >= 0.6 is 0 Å². The zero-order chi connectivity index (χ0) is 33.4. The summed E-state index contributed by atoms with van der Waals surface area (Å²) in [5.74, 6) is 0. The first-order chi connectivity index (χ1) is 24.7. The molecule has 5 nitrogen and oxygen atoms in total. The lowest BCUT2D eigenvalue weighted by molar-refractivity contribution is 1.31. The van der Waals surface area contributed by atoms with Crippen LogP contribution in [0.15, 0.2) is 140 Å². The number of benzene rings is 4. The van der Waals surface area contributed by atoms with Crippen molar-refractivity contribution in [2.24, 2.45) is 0 Å². The van der Waals surface area contributed by atoms with Crippen LogP contribution in [-0.2, 0) is 0 Å². The first-order valence-electron chi connectivity index (χ1n) is 16.6. The minimum Gasteiger partial charge on any atom is -0.354 e. The predicted octanol–water partition coefficient (Wildman–Crippen LogP) is 11.2. The van der Waals surface area contributed by atoms with Crippen molar-refractivity contribution < 1.29 is 0 Å². The molecule has 0 aliphatic carbocycles. The van der Waals surface area contributed by atoms with E-state index in [4.69, 9.17) is 9.97 Å². The molecule has 5 heterocycles. The zero-order valence-electron chi connectivity index (χ0n) is 26.9. The molecule has 9 rings (SSSR count). The van der Waals surface area contributed by atoms with E-state index >= 15 is 0 Å². The molecular formula is C45H29N5. The van der Waals surface area contributed by atoms with Crippen LogP contribution in [0.2, 0.25) is 0 Å². The average Bonchev–Trinajstić information content (AvgIpc) is 4.01. The van der Waals surface area contributed by atoms with Crippen LogP contribution in [0.1, 0.15) is 28.3 Å². The summed E-state index contributed by atoms with van der Waals surface area (Å²) in [7, 11) is 0. The van der Waals surface area contributed by atoms with Gasteiger partial charge in [-0.1, -0.05) is 109 Å². The fraction of sp³-hybridized carbons (Fsp3) is 0. The number of nitrogens with one attached hydrogen (secondary N) is 2. The molecule has 0 unspecified atom stereocenters. The summed E-state index contributed by atoms with van der Waals surface area (Å²) < 4.78 is 0. The molecule has 234 valence electrons. The molecule has 50 heavy (non-hydrogen) atoms. The molecule has 0 saturated carbocycles. The van der Waals surface area contributed by atoms with Crippen molar-refractivity contribution in [3.8, 4) is 50.6 Å². The summed E-state index contributed by atoms with van der Waals surface area (Å²) in [5.41, 5.74) is 15.4. The van der Waals surface area contributed by atoms with Crippen LogP contribution in [0.5, 0.6) is 0 Å². The van der Waals surface area contributed by atoms with Gasteiger partial charge in [0.25, 0.3) is 0 Å². The third-order valence-corrected chi connectivity index (χ3v) is 9.26. The normalized spacial score (nSPS) is 11.8. The van der Waals surface area contributed by atoms with Gasteiger partial charge < -0.3 is 9.97 Å². The Kier molecular flexibility index (Phi) is 7.11. The van der Waals surface area contributed by atoms with Crippen molar-refractivity contribution in [1.82, 2.24) is 19.9 Å². The largest absolute Gasteiger partial charge is 0.354 e. The van der Waals surface area contributed by atoms with E-state index in [1.54, 1.807) is 0 Å². The van der Waals surface area contributed by atoms with Crippen LogP contribution in [0.3, 0.4) is 0 Å². The van der Waals surface area contributed by atoms with Crippen molar-refractivity contribution in [3.05, 3.63) is 168 Å². The van der Waals surface area contributed by atoms with Crippen molar-refractivity contribution in [2.45, 2.75) is 0 Å². The standard InChI is InChI=1S/C45H29N5/c46-28-32-18-10-11-19-33(32)45-40-26-24-38(49-40)43(30-14-6-2-7-15-30)36-22-20-34(47-36)42(29-12-4-1-5-13-29)35-21-23-37(48-35)44(31-16-8-3-9-17-31)39-25-27-41(45)50-39/h1-27,47,50H. The van der Waals surface area contributed by atoms with E-state index in [2.05, 4.69) is 113 Å². The summed E-state index contributed by atoms with van der Waals surface area (Å²) in [5, 5.41) is 10.2. The molecule has 0 fully saturated rings. The second-order valence-electron chi connectivity index (χ2n) is 12.3. The molecule has 2 aliphatic rings. The molecule has 4 aromatic carbocycles. The smallest absolute Gasteiger partial charge is 0.0998 e. The summed E-state index contributed by atoms with van der Waals surface area (Å²) in [6.45, 7) is 0. The highest BCUT2D eigenvalue weighted by Crippen LogP contribution is 2.38. The van der Waals surface area contributed by atoms with Crippen LogP contribution in [0.4, 0.5) is 0 Å². The Bertz CT molecular complexity index is 2650. The molecule has 0 amide bonds. The maximum atomic E-state index is 10.2. The topological polar surface area (TPSA) is 81.2 Å². The van der Waals surface area contributed by atoms with Gasteiger partial charge in [-0.15, -0.1) is 0 Å². The van der Waals surface area contributed by atoms with Gasteiger partial charge in [-0.05, 0) is 71.3 Å². The lowest BCUT2D eigenvalue weighted by Crippen LogP contribution is -1.91. The molecule has 0 saturated heterocycles. The first-order valence-corrected chi connectivity index (χ1v) is 16.6. The van der Waals surface area contributed by atoms with E-state index in [-0.39, 0.29) is 0 Å². The first kappa shape index (κ1) is 29.1. The van der Waals surface area contributed by atoms with Gasteiger partial charge in [0.05, 0.1) is 34.4 Å². The summed E-state index contributed by atoms with van der Waals surface area (Å²) in [6, 6.07) is 49.7. The maximum absolute atomic E-state index is 10.2. The summed E-state index contributed by atoms with van der Waals surface area (Å²) >= 11 is 0. The number of H-pyrrole nitrogens is 2. The molecule has 0 spiro atoms. The van der Waals surface area contributed by atoms with Gasteiger partial charge in [0, 0.05) is 49.9 Å². The van der Waals surface area contributed by atoms with Gasteiger partial charge in [0.15, 0.2) is 0 Å². The Hall–Kier alpha value is -7.03. The van der Waals surface area contributed by atoms with Crippen LogP contribution in [0.25, 0.3) is 90.9 Å². The fourth-order valence-electron chi connectivity index (χ4n) is 7.01. The Morgan fingerprint density at radius 2 is 0.720 bits per heavy atom. The number of aromatic nitrogens is 4. The predicted molar refractivity (Wildman–Crippen MR) is 205 cm³/mol. The van der Waals surface area contributed by atoms with Crippen LogP contribution in [0, 0.1) is 11.3 Å². The molecular weight excluding hydrogens is 611 g/mol. The SMILES string of the molecule is N#Cc1ccccc1-c1c2nc(c(-c3ccccc3)c3ccc([nH]3)c(-c3ccccc3)c3nc(c(-c4ccccc4)c4ccc1[nH]4)C=C3)C=C2. The van der Waals surface area contributed by atoms with Crippen molar-refractivity contribution >= 4 is 46.4 Å². The van der Waals surface area contributed by atoms with E-state index in [1.165, 1.54) is 0 Å². The highest BCUT2D eigenvalue weighted by Gasteiger charge is 2.19. The average molecular weight is 640 g/mol. The van der Waals surface area contributed by atoms with Gasteiger partial charge in [-0.3, -0.25) is 0 Å². The van der Waals surface area contributed by atoms with E-state index in [0.29, 0.717) is 5.56 Å². The Morgan fingerprint density at radius 1 is 0.380 bits per heavy atom. The molecule has 7 aromatic rings. The highest BCUT2D eigenvalue weighted by molar-refractivity contribution is 6.00. The number of aromatic amines is 2. The number of fused-ring (bicyclic) bond motifs is 8. The van der Waals surface area contributed by atoms with Gasteiger partial charge in [-0.25, -0.2) is 9.97 Å². The monoisotopic (exact) mass is 639 g/mol. The van der Waals surface area contributed by atoms with E-state index in [9.17, 15) is 5.26 Å². The second kappa shape index (κ2) is 12.2. The Balaban J connectivity index is 1.50. The maximum Gasteiger partial charge on any atom is 0.0998 e. The fourth-order valence-corrected chi connectivity index (χ4v) is 7.01. The quantitative estimate of drug-likeness (QED) is 0.201. The molecule has 2 N–H and O–H groups in total. The number of hydrogen-bond donors (Lipinski definition) is 2. The van der Waals surface area contributed by atoms with Crippen molar-refractivity contribution in [3.63, 3.8) is 0 Å². The molecule has 0 atom stereocenters. The number of nitriles is 1. The molecule has 5 heteroatoms. The lowest BCUT2D eigenvalue weighted by Gasteiger charge is -2.07. The number of nitrogens with zero attached hydrogens (tertiary/aromatic N) is 3. The zero-order valence-corrected chi connectivity index (χ0v) is 26.9. The Labute approximate surface area is 289 Å². The number of hydrogen-bond acceptors (Lipinski definition) is 3. The summed E-state index contributed by atoms with van der Waals surface area (Å²) in [6.07, 6.45) is 8.34. The third kappa shape index (κ3) is 5.04. The van der Waals surface area contributed by atoms with Gasteiger partial charge in [0.1, 0.15) is 0 Å². The lowest BCUT2D eigenvalue weighted by atomic mass is 9.99. The molecule has 3 aromatic heterocycles. The third-order valence-electron chi connectivity index (χ3n) is 9.26. The Morgan fingerprint density at radius 3 is 1.12 bits per heavy atom. The summed E-state index contributed by atoms with van der Waals surface area (Å²) in [4.78, 5) is 18.2. The molecule has 2 aliphatic heterocycles. The minimum absolute atomic E-state index is 0.581. The van der Waals surface area contributed by atoms with Crippen LogP contribution in [-0.4, -0.2) is 19.9 Å². The van der Waals surface area contributed by atoms with E-state index in [0.717, 1.165) is 89.4 Å². The minimum atomic E-state index is 0.581. The van der Waals surface area contributed by atoms with Gasteiger partial charge >= 0.3 is 0 Å². The van der Waals surface area contributed by atoms with E-state index < -0.39 is 0 Å². The van der Waals surface area contributed by atoms with Crippen LogP contribution < -0.4 is 0 Å². The van der Waals surface area contributed by atoms with Crippen molar-refractivity contribution in [2.75, 3.05) is 0 Å². The van der Waals surface area contributed by atoms with Gasteiger partial charge in [-0.2, -0.15) is 5.26 Å².